The molecule has 6 heteroatoms. The number of rotatable bonds is 2. The lowest BCUT2D eigenvalue weighted by atomic mass is 10.1. The second-order valence-electron chi connectivity index (χ2n) is 4.91. The van der Waals surface area contributed by atoms with Crippen LogP contribution in [0.25, 0.3) is 0 Å². The Morgan fingerprint density at radius 2 is 1.85 bits per heavy atom. The Kier molecular flexibility index (Phi) is 7.10. The second kappa shape index (κ2) is 8.08. The van der Waals surface area contributed by atoms with Gasteiger partial charge in [-0.3, -0.25) is 4.79 Å². The SMILES string of the molecule is CN(C(=O)c1cc(Cl)cc(Cl)c1)C1CCCNCC1.Cl. The van der Waals surface area contributed by atoms with Crippen molar-refractivity contribution in [2.75, 3.05) is 20.1 Å². The van der Waals surface area contributed by atoms with E-state index in [0.29, 0.717) is 15.6 Å². The summed E-state index contributed by atoms with van der Waals surface area (Å²) in [5.74, 6) is -0.0173. The van der Waals surface area contributed by atoms with Crippen molar-refractivity contribution in [1.29, 1.82) is 0 Å². The monoisotopic (exact) mass is 336 g/mol. The standard InChI is InChI=1S/C14H18Cl2N2O.ClH/c1-18(13-3-2-5-17-6-4-13)14(19)10-7-11(15)9-12(16)8-10;/h7-9,13,17H,2-6H2,1H3;1H. The van der Waals surface area contributed by atoms with E-state index in [1.54, 1.807) is 18.2 Å². The Bertz CT molecular complexity index is 439. The lowest BCUT2D eigenvalue weighted by molar-refractivity contribution is 0.0720. The van der Waals surface area contributed by atoms with Gasteiger partial charge in [0, 0.05) is 28.7 Å². The van der Waals surface area contributed by atoms with Crippen molar-refractivity contribution in [3.05, 3.63) is 33.8 Å². The van der Waals surface area contributed by atoms with Gasteiger partial charge in [0.25, 0.3) is 5.91 Å². The molecule has 0 spiro atoms. The summed E-state index contributed by atoms with van der Waals surface area (Å²) in [6, 6.07) is 5.25. The molecule has 0 saturated carbocycles. The van der Waals surface area contributed by atoms with Crippen LogP contribution in [0.4, 0.5) is 0 Å². The molecule has 1 N–H and O–H groups in total. The molecule has 0 aliphatic carbocycles. The minimum Gasteiger partial charge on any atom is -0.339 e. The van der Waals surface area contributed by atoms with Gasteiger partial charge >= 0.3 is 0 Å². The van der Waals surface area contributed by atoms with E-state index in [1.807, 2.05) is 11.9 Å². The first kappa shape index (κ1) is 17.6. The Balaban J connectivity index is 0.00000200. The number of benzene rings is 1. The van der Waals surface area contributed by atoms with Crippen molar-refractivity contribution in [2.24, 2.45) is 0 Å². The van der Waals surface area contributed by atoms with E-state index < -0.39 is 0 Å². The van der Waals surface area contributed by atoms with Gasteiger partial charge in [0.15, 0.2) is 0 Å². The van der Waals surface area contributed by atoms with Crippen molar-refractivity contribution in [3.8, 4) is 0 Å². The average Bonchev–Trinajstić information content (AvgIpc) is 2.64. The zero-order chi connectivity index (χ0) is 13.8. The highest BCUT2D eigenvalue weighted by Gasteiger charge is 2.22. The van der Waals surface area contributed by atoms with Crippen LogP contribution in [0.1, 0.15) is 29.6 Å². The lowest BCUT2D eigenvalue weighted by Gasteiger charge is -2.27. The predicted molar refractivity (Wildman–Crippen MR) is 86.3 cm³/mol. The molecule has 3 nitrogen and oxygen atoms in total. The van der Waals surface area contributed by atoms with Crippen LogP contribution in [0.3, 0.4) is 0 Å². The summed E-state index contributed by atoms with van der Waals surface area (Å²) < 4.78 is 0. The van der Waals surface area contributed by atoms with E-state index in [0.717, 1.165) is 32.4 Å². The van der Waals surface area contributed by atoms with Crippen molar-refractivity contribution in [2.45, 2.75) is 25.3 Å². The molecule has 0 bridgehead atoms. The van der Waals surface area contributed by atoms with Crippen molar-refractivity contribution in [1.82, 2.24) is 10.2 Å². The van der Waals surface area contributed by atoms with Crippen LogP contribution in [0.15, 0.2) is 18.2 Å². The van der Waals surface area contributed by atoms with Crippen LogP contribution in [0.2, 0.25) is 10.0 Å². The largest absolute Gasteiger partial charge is 0.339 e. The molecular formula is C14H19Cl3N2O. The molecule has 112 valence electrons. The van der Waals surface area contributed by atoms with E-state index in [4.69, 9.17) is 23.2 Å². The highest BCUT2D eigenvalue weighted by molar-refractivity contribution is 6.35. The molecule has 20 heavy (non-hydrogen) atoms. The minimum atomic E-state index is -0.0173. The van der Waals surface area contributed by atoms with Crippen molar-refractivity contribution >= 4 is 41.5 Å². The van der Waals surface area contributed by atoms with Crippen molar-refractivity contribution in [3.63, 3.8) is 0 Å². The summed E-state index contributed by atoms with van der Waals surface area (Å²) >= 11 is 11.9. The molecule has 1 saturated heterocycles. The molecule has 1 aliphatic rings. The number of carbonyl (C=O) groups excluding carboxylic acids is 1. The summed E-state index contributed by atoms with van der Waals surface area (Å²) in [5, 5.41) is 4.33. The van der Waals surface area contributed by atoms with Gasteiger partial charge in [0.1, 0.15) is 0 Å². The average molecular weight is 338 g/mol. The van der Waals surface area contributed by atoms with Gasteiger partial charge in [-0.2, -0.15) is 0 Å². The molecule has 0 aromatic heterocycles. The van der Waals surface area contributed by atoms with Crippen LogP contribution in [0.5, 0.6) is 0 Å². The second-order valence-corrected chi connectivity index (χ2v) is 5.78. The summed E-state index contributed by atoms with van der Waals surface area (Å²) in [5.41, 5.74) is 0.553. The first-order valence-electron chi connectivity index (χ1n) is 6.52. The normalized spacial score (nSPS) is 18.9. The summed E-state index contributed by atoms with van der Waals surface area (Å²) in [7, 11) is 1.85. The third kappa shape index (κ3) is 4.52. The van der Waals surface area contributed by atoms with Crippen LogP contribution in [0, 0.1) is 0 Å². The van der Waals surface area contributed by atoms with E-state index in [2.05, 4.69) is 5.32 Å². The van der Waals surface area contributed by atoms with Crippen LogP contribution >= 0.6 is 35.6 Å². The number of hydrogen-bond acceptors (Lipinski definition) is 2. The fourth-order valence-corrected chi connectivity index (χ4v) is 2.96. The molecule has 1 aromatic rings. The molecular weight excluding hydrogens is 319 g/mol. The first-order chi connectivity index (χ1) is 9.08. The molecule has 1 fully saturated rings. The molecule has 1 atom stereocenters. The predicted octanol–water partition coefficient (Wildman–Crippen LogP) is 3.63. The molecule has 0 radical (unpaired) electrons. The minimum absolute atomic E-state index is 0. The highest BCUT2D eigenvalue weighted by atomic mass is 35.5. The van der Waals surface area contributed by atoms with Crippen LogP contribution in [-0.2, 0) is 0 Å². The van der Waals surface area contributed by atoms with Crippen LogP contribution in [-0.4, -0.2) is 37.0 Å². The zero-order valence-corrected chi connectivity index (χ0v) is 13.7. The van der Waals surface area contributed by atoms with Gasteiger partial charge in [0.2, 0.25) is 0 Å². The van der Waals surface area contributed by atoms with Gasteiger partial charge in [-0.15, -0.1) is 12.4 Å². The summed E-state index contributed by atoms with van der Waals surface area (Å²) in [4.78, 5) is 14.3. The fraction of sp³-hybridized carbons (Fsp3) is 0.500. The number of nitrogens with one attached hydrogen (secondary N) is 1. The Morgan fingerprint density at radius 3 is 2.50 bits per heavy atom. The van der Waals surface area contributed by atoms with Gasteiger partial charge in [-0.25, -0.2) is 0 Å². The number of carbonyl (C=O) groups is 1. The van der Waals surface area contributed by atoms with Gasteiger partial charge in [-0.1, -0.05) is 23.2 Å². The molecule has 2 rings (SSSR count). The van der Waals surface area contributed by atoms with Gasteiger partial charge in [0.05, 0.1) is 0 Å². The molecule has 1 aliphatic heterocycles. The number of hydrogen-bond donors (Lipinski definition) is 1. The number of amides is 1. The fourth-order valence-electron chi connectivity index (χ4n) is 2.43. The Labute approximate surface area is 136 Å². The van der Waals surface area contributed by atoms with E-state index in [9.17, 15) is 4.79 Å². The topological polar surface area (TPSA) is 32.3 Å². The summed E-state index contributed by atoms with van der Waals surface area (Å²) in [6.07, 6.45) is 3.11. The summed E-state index contributed by atoms with van der Waals surface area (Å²) in [6.45, 7) is 1.99. The maximum atomic E-state index is 12.4. The van der Waals surface area contributed by atoms with E-state index in [-0.39, 0.29) is 24.4 Å². The van der Waals surface area contributed by atoms with Crippen LogP contribution < -0.4 is 5.32 Å². The van der Waals surface area contributed by atoms with Gasteiger partial charge in [-0.05, 0) is 50.6 Å². The van der Waals surface area contributed by atoms with Gasteiger partial charge < -0.3 is 10.2 Å². The molecule has 1 amide bonds. The molecule has 1 unspecified atom stereocenters. The van der Waals surface area contributed by atoms with E-state index in [1.165, 1.54) is 0 Å². The molecule has 1 aromatic carbocycles. The molecule has 1 heterocycles. The number of halogens is 3. The lowest BCUT2D eigenvalue weighted by Crippen LogP contribution is -2.37. The third-order valence-electron chi connectivity index (χ3n) is 3.52. The van der Waals surface area contributed by atoms with E-state index >= 15 is 0 Å². The highest BCUT2D eigenvalue weighted by Crippen LogP contribution is 2.21. The maximum absolute atomic E-state index is 12.4. The number of nitrogens with zero attached hydrogens (tertiary/aromatic N) is 1. The smallest absolute Gasteiger partial charge is 0.253 e. The Morgan fingerprint density at radius 1 is 1.20 bits per heavy atom. The third-order valence-corrected chi connectivity index (χ3v) is 3.96. The zero-order valence-electron chi connectivity index (χ0n) is 11.4. The van der Waals surface area contributed by atoms with Crippen molar-refractivity contribution < 1.29 is 4.79 Å². The Hall–Kier alpha value is -0.480. The first-order valence-corrected chi connectivity index (χ1v) is 7.27. The quantitative estimate of drug-likeness (QED) is 0.894. The maximum Gasteiger partial charge on any atom is 0.253 e.